The van der Waals surface area contributed by atoms with Crippen LogP contribution in [0.15, 0.2) is 46.2 Å². The van der Waals surface area contributed by atoms with Crippen LogP contribution in [0.4, 0.5) is 0 Å². The van der Waals surface area contributed by atoms with Crippen molar-refractivity contribution in [2.75, 3.05) is 0 Å². The van der Waals surface area contributed by atoms with E-state index >= 15 is 0 Å². The SMILES string of the molecule is CC1=C(C(N)=O)NC(c2cccs2)(N2NC=CO2)N=C1. The molecule has 0 aromatic carbocycles. The zero-order chi connectivity index (χ0) is 14.2. The van der Waals surface area contributed by atoms with Crippen LogP contribution < -0.4 is 16.5 Å². The molecule has 4 N–H and O–H groups in total. The van der Waals surface area contributed by atoms with Crippen LogP contribution in [0.5, 0.6) is 0 Å². The summed E-state index contributed by atoms with van der Waals surface area (Å²) in [5.74, 6) is -1.61. The molecule has 7 nitrogen and oxygen atoms in total. The largest absolute Gasteiger partial charge is 0.388 e. The van der Waals surface area contributed by atoms with Crippen molar-refractivity contribution in [2.45, 2.75) is 12.7 Å². The molecule has 1 amide bonds. The van der Waals surface area contributed by atoms with E-state index in [2.05, 4.69) is 15.7 Å². The van der Waals surface area contributed by atoms with Gasteiger partial charge in [-0.25, -0.2) is 4.99 Å². The number of primary amides is 1. The molecule has 3 heterocycles. The van der Waals surface area contributed by atoms with Crippen molar-refractivity contribution in [3.8, 4) is 0 Å². The molecule has 1 aromatic heterocycles. The van der Waals surface area contributed by atoms with E-state index in [1.807, 2.05) is 17.5 Å². The standard InChI is InChI=1S/C12H13N5O2S/c1-8-7-14-12(9-3-2-6-20-9,16-10(8)11(13)18)17-15-4-5-19-17/h2-7,15-16H,1H3,(H2,13,18). The summed E-state index contributed by atoms with van der Waals surface area (Å²) in [4.78, 5) is 22.3. The summed E-state index contributed by atoms with van der Waals surface area (Å²) in [7, 11) is 0. The highest BCUT2D eigenvalue weighted by atomic mass is 32.1. The number of nitrogens with two attached hydrogens (primary N) is 1. The third-order valence-corrected chi connectivity index (χ3v) is 3.94. The Labute approximate surface area is 119 Å². The van der Waals surface area contributed by atoms with Crippen molar-refractivity contribution in [1.82, 2.24) is 15.9 Å². The highest BCUT2D eigenvalue weighted by Gasteiger charge is 2.45. The summed E-state index contributed by atoms with van der Waals surface area (Å²) in [6.07, 6.45) is 4.73. The molecule has 0 fully saturated rings. The maximum Gasteiger partial charge on any atom is 0.275 e. The van der Waals surface area contributed by atoms with Gasteiger partial charge in [0.2, 0.25) is 0 Å². The first-order chi connectivity index (χ1) is 9.63. The summed E-state index contributed by atoms with van der Waals surface area (Å²) < 4.78 is 0. The van der Waals surface area contributed by atoms with Crippen molar-refractivity contribution < 1.29 is 9.63 Å². The number of hydrogen-bond acceptors (Lipinski definition) is 7. The molecule has 1 unspecified atom stereocenters. The van der Waals surface area contributed by atoms with E-state index in [4.69, 9.17) is 10.6 Å². The van der Waals surface area contributed by atoms with Crippen LogP contribution in [0.3, 0.4) is 0 Å². The molecule has 2 aliphatic heterocycles. The van der Waals surface area contributed by atoms with Gasteiger partial charge in [-0.15, -0.1) is 11.3 Å². The summed E-state index contributed by atoms with van der Waals surface area (Å²) >= 11 is 1.49. The van der Waals surface area contributed by atoms with Gasteiger partial charge in [-0.05, 0) is 29.1 Å². The number of allylic oxidation sites excluding steroid dienone is 1. The molecule has 0 radical (unpaired) electrons. The van der Waals surface area contributed by atoms with Crippen LogP contribution in [0, 0.1) is 0 Å². The second-order valence-electron chi connectivity index (χ2n) is 4.29. The molecule has 2 aliphatic rings. The molecule has 104 valence electrons. The Morgan fingerprint density at radius 2 is 2.45 bits per heavy atom. The van der Waals surface area contributed by atoms with E-state index in [1.165, 1.54) is 22.8 Å². The summed E-state index contributed by atoms with van der Waals surface area (Å²) in [5.41, 5.74) is 9.32. The molecule has 0 saturated carbocycles. The lowest BCUT2D eigenvalue weighted by Crippen LogP contribution is -2.58. The van der Waals surface area contributed by atoms with Gasteiger partial charge in [-0.2, -0.15) is 0 Å². The second-order valence-corrected chi connectivity index (χ2v) is 5.23. The van der Waals surface area contributed by atoms with E-state index in [0.29, 0.717) is 11.3 Å². The van der Waals surface area contributed by atoms with Gasteiger partial charge in [0.25, 0.3) is 11.7 Å². The zero-order valence-electron chi connectivity index (χ0n) is 10.7. The maximum atomic E-state index is 11.6. The summed E-state index contributed by atoms with van der Waals surface area (Å²) in [5, 5.41) is 6.42. The maximum absolute atomic E-state index is 11.6. The van der Waals surface area contributed by atoms with E-state index in [9.17, 15) is 4.79 Å². The van der Waals surface area contributed by atoms with E-state index in [0.717, 1.165) is 4.88 Å². The first-order valence-electron chi connectivity index (χ1n) is 5.90. The van der Waals surface area contributed by atoms with Crippen molar-refractivity contribution in [2.24, 2.45) is 10.7 Å². The molecule has 20 heavy (non-hydrogen) atoms. The molecule has 0 saturated heterocycles. The Bertz CT molecular complexity index is 614. The Balaban J connectivity index is 2.05. The van der Waals surface area contributed by atoms with Gasteiger partial charge in [0, 0.05) is 6.21 Å². The minimum Gasteiger partial charge on any atom is -0.388 e. The number of thiophene rings is 1. The predicted molar refractivity (Wildman–Crippen MR) is 74.7 cm³/mol. The minimum atomic E-state index is -1.07. The third-order valence-electron chi connectivity index (χ3n) is 2.97. The molecule has 1 aromatic rings. The minimum absolute atomic E-state index is 0.311. The fourth-order valence-corrected chi connectivity index (χ4v) is 2.82. The third kappa shape index (κ3) is 1.86. The molecule has 0 spiro atoms. The number of hydroxylamine groups is 1. The van der Waals surface area contributed by atoms with Crippen molar-refractivity contribution in [3.63, 3.8) is 0 Å². The van der Waals surface area contributed by atoms with Crippen LogP contribution >= 0.6 is 11.3 Å². The summed E-state index contributed by atoms with van der Waals surface area (Å²) in [6.45, 7) is 1.77. The van der Waals surface area contributed by atoms with Crippen LogP contribution in [0.2, 0.25) is 0 Å². The summed E-state index contributed by atoms with van der Waals surface area (Å²) in [6, 6.07) is 3.80. The van der Waals surface area contributed by atoms with Crippen LogP contribution in [-0.2, 0) is 15.4 Å². The average molecular weight is 291 g/mol. The number of hydrazine groups is 1. The van der Waals surface area contributed by atoms with Crippen LogP contribution in [0.1, 0.15) is 11.8 Å². The Morgan fingerprint density at radius 1 is 1.60 bits per heavy atom. The molecular formula is C12H13N5O2S. The monoisotopic (exact) mass is 291 g/mol. The highest BCUT2D eigenvalue weighted by Crippen LogP contribution is 2.34. The lowest BCUT2D eigenvalue weighted by molar-refractivity contribution is -0.203. The van der Waals surface area contributed by atoms with Gasteiger partial charge in [-0.1, -0.05) is 6.07 Å². The predicted octanol–water partition coefficient (Wildman–Crippen LogP) is 0.515. The van der Waals surface area contributed by atoms with Crippen molar-refractivity contribution in [1.29, 1.82) is 0 Å². The number of nitrogens with one attached hydrogen (secondary N) is 2. The Kier molecular flexibility index (Phi) is 2.96. The number of rotatable bonds is 3. The molecule has 0 aliphatic carbocycles. The number of hydrogen-bond donors (Lipinski definition) is 3. The topological polar surface area (TPSA) is 92.0 Å². The second kappa shape index (κ2) is 4.66. The van der Waals surface area contributed by atoms with Gasteiger partial charge in [0.15, 0.2) is 0 Å². The smallest absolute Gasteiger partial charge is 0.275 e. The van der Waals surface area contributed by atoms with Gasteiger partial charge in [-0.3, -0.25) is 10.2 Å². The van der Waals surface area contributed by atoms with Gasteiger partial charge >= 0.3 is 0 Å². The van der Waals surface area contributed by atoms with Gasteiger partial charge in [0.05, 0.1) is 11.1 Å². The first kappa shape index (κ1) is 12.7. The lowest BCUT2D eigenvalue weighted by atomic mass is 10.1. The van der Waals surface area contributed by atoms with Gasteiger partial charge in [0.1, 0.15) is 12.0 Å². The lowest BCUT2D eigenvalue weighted by Gasteiger charge is -2.38. The average Bonchev–Trinajstić information content (AvgIpc) is 3.13. The van der Waals surface area contributed by atoms with Crippen molar-refractivity contribution >= 4 is 23.5 Å². The Hall–Kier alpha value is -2.32. The van der Waals surface area contributed by atoms with Crippen LogP contribution in [0.25, 0.3) is 0 Å². The van der Waals surface area contributed by atoms with E-state index in [1.54, 1.807) is 19.3 Å². The molecule has 8 heteroatoms. The fourth-order valence-electron chi connectivity index (χ4n) is 2.01. The Morgan fingerprint density at radius 3 is 3.05 bits per heavy atom. The number of nitrogens with zero attached hydrogens (tertiary/aromatic N) is 2. The van der Waals surface area contributed by atoms with Gasteiger partial charge < -0.3 is 15.9 Å². The number of carbonyl (C=O) groups is 1. The highest BCUT2D eigenvalue weighted by molar-refractivity contribution is 7.10. The molecule has 0 bridgehead atoms. The molecule has 1 atom stereocenters. The van der Waals surface area contributed by atoms with E-state index < -0.39 is 11.7 Å². The fraction of sp³-hybridized carbons (Fsp3) is 0.167. The normalized spacial score (nSPS) is 25.2. The zero-order valence-corrected chi connectivity index (χ0v) is 11.5. The number of amides is 1. The van der Waals surface area contributed by atoms with Crippen molar-refractivity contribution in [3.05, 3.63) is 46.1 Å². The molecular weight excluding hydrogens is 278 g/mol. The van der Waals surface area contributed by atoms with Crippen LogP contribution in [-0.4, -0.2) is 17.3 Å². The number of aliphatic imine (C=N–C) groups is 1. The quantitative estimate of drug-likeness (QED) is 0.755. The first-order valence-corrected chi connectivity index (χ1v) is 6.78. The number of carbonyl (C=O) groups excluding carboxylic acids is 1. The van der Waals surface area contributed by atoms with E-state index in [-0.39, 0.29) is 0 Å². The molecule has 3 rings (SSSR count).